The number of ether oxygens (including phenoxy) is 2. The van der Waals surface area contributed by atoms with Gasteiger partial charge in [0.1, 0.15) is 18.0 Å². The first-order chi connectivity index (χ1) is 20.6. The Labute approximate surface area is 260 Å². The van der Waals surface area contributed by atoms with Crippen molar-refractivity contribution in [2.45, 2.75) is 104 Å². The molecule has 0 amide bonds. The van der Waals surface area contributed by atoms with Crippen LogP contribution in [0.3, 0.4) is 0 Å². The Hall–Kier alpha value is -2.80. The van der Waals surface area contributed by atoms with Crippen LogP contribution in [0.15, 0.2) is 47.1 Å². The van der Waals surface area contributed by atoms with Gasteiger partial charge in [-0.05, 0) is 70.8 Å². The smallest absolute Gasteiger partial charge is 0.334 e. The summed E-state index contributed by atoms with van der Waals surface area (Å²) in [6, 6.07) is 0. The molecule has 2 spiro atoms. The van der Waals surface area contributed by atoms with Gasteiger partial charge in [0.05, 0.1) is 11.0 Å². The molecule has 4 fully saturated rings. The van der Waals surface area contributed by atoms with Gasteiger partial charge in [0.2, 0.25) is 0 Å². The zero-order chi connectivity index (χ0) is 31.7. The molecule has 44 heavy (non-hydrogen) atoms. The van der Waals surface area contributed by atoms with Crippen molar-refractivity contribution in [3.8, 4) is 0 Å². The number of allylic oxidation sites excluding steroid dienone is 3. The van der Waals surface area contributed by atoms with Crippen LogP contribution in [0.1, 0.15) is 86.5 Å². The highest BCUT2D eigenvalue weighted by Crippen LogP contribution is 2.76. The number of Topliss-reactive ketones (excluding diaryl/α,β-unsaturated/α-hetero) is 1. The van der Waals surface area contributed by atoms with Crippen molar-refractivity contribution in [1.29, 1.82) is 0 Å². The molecule has 0 aromatic rings. The van der Waals surface area contributed by atoms with Crippen LogP contribution in [-0.2, 0) is 28.7 Å². The van der Waals surface area contributed by atoms with E-state index in [9.17, 15) is 24.3 Å². The van der Waals surface area contributed by atoms with Gasteiger partial charge in [0.25, 0.3) is 0 Å². The van der Waals surface area contributed by atoms with Gasteiger partial charge in [0.15, 0.2) is 5.78 Å². The number of ketones is 2. The Bertz CT molecular complexity index is 1490. The van der Waals surface area contributed by atoms with Crippen molar-refractivity contribution in [2.75, 3.05) is 0 Å². The molecule has 2 saturated heterocycles. The maximum Gasteiger partial charge on any atom is 0.334 e. The first kappa shape index (κ1) is 29.9. The quantitative estimate of drug-likeness (QED) is 0.253. The Morgan fingerprint density at radius 2 is 1.84 bits per heavy atom. The van der Waals surface area contributed by atoms with Crippen molar-refractivity contribution in [2.24, 2.45) is 51.8 Å². The van der Waals surface area contributed by atoms with E-state index in [1.165, 1.54) is 0 Å². The summed E-state index contributed by atoms with van der Waals surface area (Å²) in [6.45, 7) is 16.1. The lowest BCUT2D eigenvalue weighted by atomic mass is 9.36. The van der Waals surface area contributed by atoms with E-state index in [4.69, 9.17) is 9.47 Å². The average molecular weight is 603 g/mol. The van der Waals surface area contributed by atoms with Gasteiger partial charge in [-0.1, -0.05) is 50.6 Å². The summed E-state index contributed by atoms with van der Waals surface area (Å²) >= 11 is 0. The molecule has 4 unspecified atom stereocenters. The molecule has 236 valence electrons. The van der Waals surface area contributed by atoms with E-state index in [-0.39, 0.29) is 59.0 Å². The first-order valence-electron chi connectivity index (χ1n) is 16.5. The highest BCUT2D eigenvalue weighted by Gasteiger charge is 2.78. The van der Waals surface area contributed by atoms with Crippen LogP contribution < -0.4 is 0 Å². The van der Waals surface area contributed by atoms with Gasteiger partial charge >= 0.3 is 11.9 Å². The molecule has 2 heterocycles. The second-order valence-electron chi connectivity index (χ2n) is 16.2. The second-order valence-corrected chi connectivity index (χ2v) is 16.2. The number of rotatable bonds is 4. The third kappa shape index (κ3) is 3.65. The minimum atomic E-state index is -1.18. The summed E-state index contributed by atoms with van der Waals surface area (Å²) in [7, 11) is 0. The molecule has 0 radical (unpaired) electrons. The van der Waals surface area contributed by atoms with E-state index in [0.717, 1.165) is 16.7 Å². The lowest BCUT2D eigenvalue weighted by Crippen LogP contribution is -2.67. The van der Waals surface area contributed by atoms with E-state index < -0.39 is 34.1 Å². The van der Waals surface area contributed by atoms with Crippen molar-refractivity contribution in [3.63, 3.8) is 0 Å². The fourth-order valence-electron chi connectivity index (χ4n) is 11.3. The summed E-state index contributed by atoms with van der Waals surface area (Å²) in [5.41, 5.74) is -0.631. The van der Waals surface area contributed by atoms with E-state index >= 15 is 0 Å². The van der Waals surface area contributed by atoms with Crippen molar-refractivity contribution < 1.29 is 33.8 Å². The molecule has 0 aromatic heterocycles. The van der Waals surface area contributed by atoms with E-state index in [2.05, 4.69) is 25.7 Å². The molecule has 6 aliphatic carbocycles. The van der Waals surface area contributed by atoms with Crippen LogP contribution in [0.4, 0.5) is 0 Å². The summed E-state index contributed by atoms with van der Waals surface area (Å²) in [6.07, 6.45) is 8.23. The maximum atomic E-state index is 14.7. The Kier molecular flexibility index (Phi) is 6.36. The molecule has 8 rings (SSSR count). The Morgan fingerprint density at radius 1 is 1.11 bits per heavy atom. The second kappa shape index (κ2) is 9.37. The molecular formula is C37H46O7. The highest BCUT2D eigenvalue weighted by molar-refractivity contribution is 6.09. The molecule has 2 saturated carbocycles. The number of aliphatic hydroxyl groups is 1. The number of carbonyl (C=O) groups excluding carboxylic acids is 4. The van der Waals surface area contributed by atoms with Crippen LogP contribution in [-0.4, -0.2) is 46.4 Å². The number of carbonyl (C=O) groups is 4. The van der Waals surface area contributed by atoms with E-state index in [1.54, 1.807) is 6.08 Å². The normalized spacial score (nSPS) is 47.2. The standard InChI is InChI=1S/C37H46O7/c1-18(2)12-23(38)15-22-13-19(3)27-26(39)14-20(4)28(27)31-29(22)37(33(41)44-31)17-36-11-10-34(37,6)16-25(36)30-24(8-9-35(36,7)42)21(5)32(40)43-30/h10-11,14,18,22,24-25,28-31,42H,5,8-9,12-13,15-17H2,1-4,6-7H3/t22-,24+,25-,28?,29?,30+,31-,34-,35-,36?,37?/m1/s1. The molecular weight excluding hydrogens is 556 g/mol. The maximum absolute atomic E-state index is 14.7. The molecule has 2 aliphatic heterocycles. The first-order valence-corrected chi connectivity index (χ1v) is 16.5. The predicted octanol–water partition coefficient (Wildman–Crippen LogP) is 5.62. The van der Waals surface area contributed by atoms with Crippen LogP contribution in [0.2, 0.25) is 0 Å². The monoisotopic (exact) mass is 602 g/mol. The van der Waals surface area contributed by atoms with Crippen molar-refractivity contribution in [3.05, 3.63) is 47.1 Å². The lowest BCUT2D eigenvalue weighted by molar-refractivity contribution is -0.204. The lowest BCUT2D eigenvalue weighted by Gasteiger charge is -2.66. The fourth-order valence-corrected chi connectivity index (χ4v) is 11.3. The SMILES string of the molecule is C=C1C(=O)O[C@@H]2[C@H]3C[C@@]4(C)C=CC3(CC43C(=O)O[C@@H]4C5C(C)=CC(=O)C5=C(C)C[C@H](CC(=O)CC(C)C)C43)[C@](C)(O)CC[C@@H]12. The molecule has 8 aliphatic rings. The van der Waals surface area contributed by atoms with Crippen molar-refractivity contribution in [1.82, 2.24) is 0 Å². The zero-order valence-electron chi connectivity index (χ0n) is 26.9. The number of fused-ring (bicyclic) bond motifs is 4. The summed E-state index contributed by atoms with van der Waals surface area (Å²) in [5, 5.41) is 12.4. The molecule has 0 aromatic carbocycles. The summed E-state index contributed by atoms with van der Waals surface area (Å²) < 4.78 is 12.6. The van der Waals surface area contributed by atoms with Crippen LogP contribution in [0.25, 0.3) is 0 Å². The van der Waals surface area contributed by atoms with Gasteiger partial charge in [-0.25, -0.2) is 4.79 Å². The fraction of sp³-hybridized carbons (Fsp3) is 0.676. The topological polar surface area (TPSA) is 107 Å². The number of hydrogen-bond acceptors (Lipinski definition) is 7. The van der Waals surface area contributed by atoms with Crippen molar-refractivity contribution >= 4 is 23.5 Å². The third-order valence-electron chi connectivity index (χ3n) is 13.3. The molecule has 1 N–H and O–H groups in total. The number of esters is 2. The average Bonchev–Trinajstić information content (AvgIpc) is 3.44. The third-order valence-corrected chi connectivity index (χ3v) is 13.3. The highest BCUT2D eigenvalue weighted by atomic mass is 16.6. The van der Waals surface area contributed by atoms with Gasteiger partial charge < -0.3 is 14.6 Å². The zero-order valence-corrected chi connectivity index (χ0v) is 26.9. The molecule has 2 bridgehead atoms. The largest absolute Gasteiger partial charge is 0.461 e. The molecule has 7 nitrogen and oxygen atoms in total. The van der Waals surface area contributed by atoms with E-state index in [0.29, 0.717) is 50.5 Å². The predicted molar refractivity (Wildman–Crippen MR) is 163 cm³/mol. The Morgan fingerprint density at radius 3 is 2.55 bits per heavy atom. The molecule has 7 heteroatoms. The number of hydrogen-bond donors (Lipinski definition) is 1. The van der Waals surface area contributed by atoms with Gasteiger partial charge in [0, 0.05) is 58.5 Å². The summed E-state index contributed by atoms with van der Waals surface area (Å²) in [4.78, 5) is 54.4. The van der Waals surface area contributed by atoms with Crippen LogP contribution >= 0.6 is 0 Å². The van der Waals surface area contributed by atoms with E-state index in [1.807, 2.05) is 34.6 Å². The van der Waals surface area contributed by atoms with Crippen LogP contribution in [0, 0.1) is 51.8 Å². The Balaban J connectivity index is 1.40. The van der Waals surface area contributed by atoms with Gasteiger partial charge in [-0.15, -0.1) is 0 Å². The van der Waals surface area contributed by atoms with Gasteiger partial charge in [-0.2, -0.15) is 0 Å². The van der Waals surface area contributed by atoms with Gasteiger partial charge in [-0.3, -0.25) is 14.4 Å². The van der Waals surface area contributed by atoms with Crippen LogP contribution in [0.5, 0.6) is 0 Å². The molecule has 11 atom stereocenters. The minimum Gasteiger partial charge on any atom is -0.461 e. The minimum absolute atomic E-state index is 0.0224. The summed E-state index contributed by atoms with van der Waals surface area (Å²) in [5.74, 6) is -1.51.